The Morgan fingerprint density at radius 1 is 1.33 bits per heavy atom. The van der Waals surface area contributed by atoms with E-state index in [-0.39, 0.29) is 5.56 Å². The molecule has 1 aliphatic carbocycles. The maximum atomic E-state index is 11.7. The lowest BCUT2D eigenvalue weighted by Crippen LogP contribution is -2.20. The van der Waals surface area contributed by atoms with Crippen molar-refractivity contribution in [3.63, 3.8) is 0 Å². The molecule has 0 aliphatic heterocycles. The van der Waals surface area contributed by atoms with Crippen LogP contribution in [0.4, 0.5) is 5.82 Å². The molecule has 0 radical (unpaired) electrons. The standard InChI is InChI=1S/C16H20N4O/c1-2-12-5-6-13(10-12)19-15-8-7-14(11-17-15)20-16(21)4-3-9-18-20/h3-4,7-9,11-13H,2,5-6,10H2,1H3,(H,17,19)/t12-,13+/m1/s1. The highest BCUT2D eigenvalue weighted by atomic mass is 16.1. The lowest BCUT2D eigenvalue weighted by molar-refractivity contribution is 0.524. The third-order valence-electron chi connectivity index (χ3n) is 4.18. The number of hydrogen-bond donors (Lipinski definition) is 1. The van der Waals surface area contributed by atoms with Crippen molar-refractivity contribution in [3.8, 4) is 5.69 Å². The quantitative estimate of drug-likeness (QED) is 0.937. The molecule has 2 heterocycles. The fourth-order valence-electron chi connectivity index (χ4n) is 2.93. The van der Waals surface area contributed by atoms with Gasteiger partial charge in [-0.1, -0.05) is 13.3 Å². The Morgan fingerprint density at radius 3 is 2.90 bits per heavy atom. The first-order chi connectivity index (χ1) is 10.3. The maximum Gasteiger partial charge on any atom is 0.271 e. The van der Waals surface area contributed by atoms with Crippen LogP contribution in [0.1, 0.15) is 32.6 Å². The van der Waals surface area contributed by atoms with Gasteiger partial charge in [-0.25, -0.2) is 4.98 Å². The molecule has 0 unspecified atom stereocenters. The van der Waals surface area contributed by atoms with Crippen molar-refractivity contribution in [2.24, 2.45) is 5.92 Å². The van der Waals surface area contributed by atoms with Crippen molar-refractivity contribution in [2.75, 3.05) is 5.32 Å². The van der Waals surface area contributed by atoms with E-state index >= 15 is 0 Å². The number of hydrogen-bond acceptors (Lipinski definition) is 4. The van der Waals surface area contributed by atoms with E-state index in [2.05, 4.69) is 22.3 Å². The van der Waals surface area contributed by atoms with Gasteiger partial charge in [0, 0.05) is 18.3 Å². The predicted octanol–water partition coefficient (Wildman–Crippen LogP) is 2.62. The van der Waals surface area contributed by atoms with Crippen LogP contribution in [0.2, 0.25) is 0 Å². The van der Waals surface area contributed by atoms with E-state index in [1.807, 2.05) is 12.1 Å². The molecular formula is C16H20N4O. The lowest BCUT2D eigenvalue weighted by atomic mass is 10.1. The molecule has 0 aromatic carbocycles. The lowest BCUT2D eigenvalue weighted by Gasteiger charge is -2.13. The van der Waals surface area contributed by atoms with Crippen LogP contribution >= 0.6 is 0 Å². The van der Waals surface area contributed by atoms with Crippen molar-refractivity contribution in [3.05, 3.63) is 47.0 Å². The molecule has 1 aliphatic rings. The summed E-state index contributed by atoms with van der Waals surface area (Å²) >= 11 is 0. The second-order valence-electron chi connectivity index (χ2n) is 5.60. The van der Waals surface area contributed by atoms with Crippen LogP contribution in [0.5, 0.6) is 0 Å². The summed E-state index contributed by atoms with van der Waals surface area (Å²) in [5.74, 6) is 1.71. The first-order valence-corrected chi connectivity index (χ1v) is 7.53. The zero-order valence-corrected chi connectivity index (χ0v) is 12.2. The molecule has 2 atom stereocenters. The van der Waals surface area contributed by atoms with E-state index in [0.29, 0.717) is 11.7 Å². The highest BCUT2D eigenvalue weighted by Crippen LogP contribution is 2.29. The van der Waals surface area contributed by atoms with Gasteiger partial charge in [0.25, 0.3) is 5.56 Å². The van der Waals surface area contributed by atoms with E-state index in [9.17, 15) is 4.79 Å². The van der Waals surface area contributed by atoms with Gasteiger partial charge in [-0.3, -0.25) is 4.79 Å². The number of nitrogens with zero attached hydrogens (tertiary/aromatic N) is 3. The maximum absolute atomic E-state index is 11.7. The van der Waals surface area contributed by atoms with Crippen LogP contribution in [0, 0.1) is 5.92 Å². The van der Waals surface area contributed by atoms with Gasteiger partial charge in [0.15, 0.2) is 0 Å². The van der Waals surface area contributed by atoms with Gasteiger partial charge >= 0.3 is 0 Å². The second kappa shape index (κ2) is 6.08. The monoisotopic (exact) mass is 284 g/mol. The number of aromatic nitrogens is 3. The summed E-state index contributed by atoms with van der Waals surface area (Å²) in [6, 6.07) is 7.42. The average Bonchev–Trinajstić information content (AvgIpc) is 2.96. The smallest absolute Gasteiger partial charge is 0.271 e. The van der Waals surface area contributed by atoms with E-state index in [4.69, 9.17) is 0 Å². The molecule has 0 saturated heterocycles. The number of nitrogens with one attached hydrogen (secondary N) is 1. The van der Waals surface area contributed by atoms with Crippen LogP contribution in [-0.4, -0.2) is 20.8 Å². The first-order valence-electron chi connectivity index (χ1n) is 7.53. The van der Waals surface area contributed by atoms with Gasteiger partial charge < -0.3 is 5.32 Å². The Hall–Kier alpha value is -2.17. The van der Waals surface area contributed by atoms with E-state index in [1.165, 1.54) is 36.4 Å². The zero-order valence-electron chi connectivity index (χ0n) is 12.2. The first kappa shape index (κ1) is 13.8. The van der Waals surface area contributed by atoms with Crippen LogP contribution in [0.25, 0.3) is 5.69 Å². The van der Waals surface area contributed by atoms with Crippen LogP contribution in [0.3, 0.4) is 0 Å². The fourth-order valence-corrected chi connectivity index (χ4v) is 2.93. The third kappa shape index (κ3) is 3.12. The topological polar surface area (TPSA) is 59.8 Å². The molecule has 2 aromatic rings. The Morgan fingerprint density at radius 2 is 2.24 bits per heavy atom. The van der Waals surface area contributed by atoms with Gasteiger partial charge in [0.2, 0.25) is 0 Å². The minimum Gasteiger partial charge on any atom is -0.367 e. The molecule has 1 N–H and O–H groups in total. The van der Waals surface area contributed by atoms with Crippen molar-refractivity contribution >= 4 is 5.82 Å². The molecule has 3 rings (SSSR count). The van der Waals surface area contributed by atoms with Crippen molar-refractivity contribution in [2.45, 2.75) is 38.6 Å². The number of anilines is 1. The van der Waals surface area contributed by atoms with E-state index < -0.39 is 0 Å². The molecule has 1 saturated carbocycles. The summed E-state index contributed by atoms with van der Waals surface area (Å²) in [5.41, 5.74) is 0.533. The van der Waals surface area contributed by atoms with Gasteiger partial charge in [0.1, 0.15) is 5.82 Å². The van der Waals surface area contributed by atoms with E-state index in [1.54, 1.807) is 18.5 Å². The van der Waals surface area contributed by atoms with Crippen LogP contribution in [0.15, 0.2) is 41.5 Å². The van der Waals surface area contributed by atoms with E-state index in [0.717, 1.165) is 11.7 Å². The molecule has 0 bridgehead atoms. The molecule has 0 amide bonds. The van der Waals surface area contributed by atoms with Crippen LogP contribution < -0.4 is 10.9 Å². The summed E-state index contributed by atoms with van der Waals surface area (Å²) in [7, 11) is 0. The Kier molecular flexibility index (Phi) is 3.99. The van der Waals surface area contributed by atoms with Gasteiger partial charge in [-0.15, -0.1) is 0 Å². The molecule has 21 heavy (non-hydrogen) atoms. The number of pyridine rings is 1. The Labute approximate surface area is 124 Å². The zero-order chi connectivity index (χ0) is 14.7. The van der Waals surface area contributed by atoms with Gasteiger partial charge in [0.05, 0.1) is 11.9 Å². The van der Waals surface area contributed by atoms with Gasteiger partial charge in [-0.2, -0.15) is 9.78 Å². The molecule has 2 aromatic heterocycles. The summed E-state index contributed by atoms with van der Waals surface area (Å²) in [6.45, 7) is 2.25. The number of rotatable bonds is 4. The largest absolute Gasteiger partial charge is 0.367 e. The molecule has 110 valence electrons. The van der Waals surface area contributed by atoms with Crippen molar-refractivity contribution < 1.29 is 0 Å². The third-order valence-corrected chi connectivity index (χ3v) is 4.18. The Bertz CT molecular complexity index is 650. The molecular weight excluding hydrogens is 264 g/mol. The highest BCUT2D eigenvalue weighted by molar-refractivity contribution is 5.41. The summed E-state index contributed by atoms with van der Waals surface area (Å²) in [5, 5.41) is 7.53. The van der Waals surface area contributed by atoms with Crippen molar-refractivity contribution in [1.82, 2.24) is 14.8 Å². The normalized spacial score (nSPS) is 21.4. The minimum atomic E-state index is -0.151. The highest BCUT2D eigenvalue weighted by Gasteiger charge is 2.23. The SMILES string of the molecule is CC[C@@H]1CC[C@H](Nc2ccc(-n3ncccc3=O)cn2)C1. The minimum absolute atomic E-state index is 0.151. The van der Waals surface area contributed by atoms with Crippen molar-refractivity contribution in [1.29, 1.82) is 0 Å². The summed E-state index contributed by atoms with van der Waals surface area (Å²) in [4.78, 5) is 16.1. The van der Waals surface area contributed by atoms with Gasteiger partial charge in [-0.05, 0) is 43.4 Å². The Balaban J connectivity index is 1.70. The second-order valence-corrected chi connectivity index (χ2v) is 5.60. The van der Waals surface area contributed by atoms with Crippen LogP contribution in [-0.2, 0) is 0 Å². The average molecular weight is 284 g/mol. The molecule has 1 fully saturated rings. The summed E-state index contributed by atoms with van der Waals surface area (Å²) in [6.07, 6.45) is 8.27. The fraction of sp³-hybridized carbons (Fsp3) is 0.438. The molecule has 5 heteroatoms. The molecule has 5 nitrogen and oxygen atoms in total. The molecule has 0 spiro atoms. The summed E-state index contributed by atoms with van der Waals surface area (Å²) < 4.78 is 1.35. The predicted molar refractivity (Wildman–Crippen MR) is 82.7 cm³/mol.